The van der Waals surface area contributed by atoms with E-state index in [0.717, 1.165) is 36.4 Å². The molecule has 0 aliphatic carbocycles. The minimum Gasteiger partial charge on any atom is -0.507 e. The van der Waals surface area contributed by atoms with Crippen LogP contribution in [-0.4, -0.2) is 190 Å². The van der Waals surface area contributed by atoms with Crippen molar-refractivity contribution in [2.75, 3.05) is 20.3 Å². The number of aliphatic hydroxyl groups excluding tert-OH is 9. The Hall–Kier alpha value is -5.84. The van der Waals surface area contributed by atoms with Gasteiger partial charge in [-0.1, -0.05) is 6.07 Å². The van der Waals surface area contributed by atoms with E-state index in [4.69, 9.17) is 42.3 Å². The Morgan fingerprint density at radius 1 is 0.627 bits per heavy atom. The first-order chi connectivity index (χ1) is 31.8. The maximum absolute atomic E-state index is 12.6. The number of rotatable bonds is 13. The second-order valence-corrected chi connectivity index (χ2v) is 15.8. The van der Waals surface area contributed by atoms with Crippen molar-refractivity contribution in [1.82, 2.24) is 0 Å². The maximum Gasteiger partial charge on any atom is 0.402 e. The molecule has 67 heavy (non-hydrogen) atoms. The molecule has 0 spiro atoms. The lowest BCUT2D eigenvalue weighted by Gasteiger charge is -2.42. The Kier molecular flexibility index (Phi) is 14.8. The molecule has 24 nitrogen and oxygen atoms in total. The molecule has 3 aliphatic rings. The molecule has 0 radical (unpaired) electrons. The van der Waals surface area contributed by atoms with Crippen LogP contribution in [0.1, 0.15) is 12.5 Å². The Balaban J connectivity index is 1.16. The molecule has 1 aromatic heterocycles. The Morgan fingerprint density at radius 2 is 1.21 bits per heavy atom. The topological polar surface area (TPSA) is 385 Å². The fourth-order valence-electron chi connectivity index (χ4n) is 7.36. The van der Waals surface area contributed by atoms with Crippen molar-refractivity contribution in [3.63, 3.8) is 0 Å². The number of carbonyl (C=O) groups excluding carboxylic acids is 1. The Bertz CT molecular complexity index is 2410. The summed E-state index contributed by atoms with van der Waals surface area (Å²) in [7, 11) is 1.34. The van der Waals surface area contributed by atoms with Gasteiger partial charge < -0.3 is 109 Å². The molecule has 14 N–H and O–H groups in total. The third kappa shape index (κ3) is 10.4. The summed E-state index contributed by atoms with van der Waals surface area (Å²) in [6, 6.07) is 9.41. The van der Waals surface area contributed by atoms with Gasteiger partial charge >= 0.3 is 17.3 Å². The molecule has 7 unspecified atom stereocenters. The van der Waals surface area contributed by atoms with Gasteiger partial charge in [-0.3, -0.25) is 0 Å². The molecule has 3 aromatic carbocycles. The summed E-state index contributed by atoms with van der Waals surface area (Å²) in [5.74, 6) is -5.20. The van der Waals surface area contributed by atoms with Gasteiger partial charge in [-0.2, -0.15) is 0 Å². The molecule has 3 aliphatic heterocycles. The Morgan fingerprint density at radius 3 is 1.84 bits per heavy atom. The van der Waals surface area contributed by atoms with Crippen LogP contribution in [0.2, 0.25) is 0 Å². The molecule has 3 saturated heterocycles. The highest BCUT2D eigenvalue weighted by molar-refractivity contribution is 5.89. The minimum absolute atomic E-state index is 0.122. The van der Waals surface area contributed by atoms with Crippen LogP contribution in [-0.2, 0) is 28.5 Å². The summed E-state index contributed by atoms with van der Waals surface area (Å²) in [6.07, 6.45) is -23.5. The van der Waals surface area contributed by atoms with Crippen LogP contribution in [0.15, 0.2) is 59.0 Å². The van der Waals surface area contributed by atoms with Crippen molar-refractivity contribution >= 4 is 23.0 Å². The number of aromatic hydroxyl groups is 5. The number of ether oxygens (including phenoxy) is 8. The highest BCUT2D eigenvalue weighted by Gasteiger charge is 2.49. The van der Waals surface area contributed by atoms with Gasteiger partial charge in [-0.05, 0) is 30.7 Å². The lowest BCUT2D eigenvalue weighted by molar-refractivity contribution is -0.318. The van der Waals surface area contributed by atoms with Crippen LogP contribution in [0.3, 0.4) is 0 Å². The van der Waals surface area contributed by atoms with Crippen molar-refractivity contribution < 1.29 is 119 Å². The van der Waals surface area contributed by atoms with Gasteiger partial charge in [-0.15, -0.1) is 0 Å². The van der Waals surface area contributed by atoms with Crippen LogP contribution < -0.4 is 14.2 Å². The lowest BCUT2D eigenvalue weighted by Crippen LogP contribution is -2.61. The van der Waals surface area contributed by atoms with E-state index in [1.807, 2.05) is 0 Å². The van der Waals surface area contributed by atoms with Crippen molar-refractivity contribution in [2.45, 2.75) is 99.0 Å². The van der Waals surface area contributed by atoms with Crippen molar-refractivity contribution in [2.24, 2.45) is 0 Å². The Labute approximate surface area is 378 Å². The third-order valence-electron chi connectivity index (χ3n) is 11.2. The van der Waals surface area contributed by atoms with Crippen LogP contribution in [0, 0.1) is 0 Å². The van der Waals surface area contributed by atoms with Crippen molar-refractivity contribution in [3.05, 3.63) is 60.2 Å². The van der Waals surface area contributed by atoms with Crippen LogP contribution in [0.25, 0.3) is 28.4 Å². The summed E-state index contributed by atoms with van der Waals surface area (Å²) < 4.78 is 50.8. The fraction of sp³-hybridized carbons (Fsp3) is 0.442. The second-order valence-electron chi connectivity index (χ2n) is 15.8. The molecule has 4 heterocycles. The van der Waals surface area contributed by atoms with Crippen LogP contribution >= 0.6 is 0 Å². The molecule has 0 saturated carbocycles. The van der Waals surface area contributed by atoms with E-state index in [0.29, 0.717) is 5.56 Å². The van der Waals surface area contributed by atoms with Gasteiger partial charge in [0.05, 0.1) is 31.5 Å². The van der Waals surface area contributed by atoms with E-state index in [9.17, 15) is 76.3 Å². The highest BCUT2D eigenvalue weighted by Crippen LogP contribution is 2.45. The van der Waals surface area contributed by atoms with Gasteiger partial charge in [0, 0.05) is 30.3 Å². The van der Waals surface area contributed by atoms with E-state index in [2.05, 4.69) is 0 Å². The molecule has 0 bridgehead atoms. The van der Waals surface area contributed by atoms with Gasteiger partial charge in [0.25, 0.3) is 0 Å². The van der Waals surface area contributed by atoms with E-state index >= 15 is 0 Å². The van der Waals surface area contributed by atoms with Crippen molar-refractivity contribution in [1.29, 1.82) is 0 Å². The second kappa shape index (κ2) is 20.2. The van der Waals surface area contributed by atoms with Gasteiger partial charge in [0.2, 0.25) is 18.3 Å². The number of hydrogen-bond donors (Lipinski definition) is 14. The smallest absolute Gasteiger partial charge is 0.402 e. The number of benzene rings is 3. The maximum atomic E-state index is 12.6. The summed E-state index contributed by atoms with van der Waals surface area (Å²) in [5.41, 5.74) is 0.0213. The average Bonchev–Trinajstić information content (AvgIpc) is 3.30. The predicted octanol–water partition coefficient (Wildman–Crippen LogP) is -1.61. The number of aliphatic hydroxyl groups is 9. The van der Waals surface area contributed by atoms with E-state index in [-0.39, 0.29) is 33.8 Å². The van der Waals surface area contributed by atoms with Crippen LogP contribution in [0.5, 0.6) is 46.0 Å². The van der Waals surface area contributed by atoms with Gasteiger partial charge in [0.1, 0.15) is 90.6 Å². The zero-order chi connectivity index (χ0) is 48.6. The van der Waals surface area contributed by atoms with E-state index in [1.165, 1.54) is 38.3 Å². The molecule has 3 fully saturated rings. The molecular formula is C43H49O24+. The first kappa shape index (κ1) is 49.1. The standard InChI is InChI=1S/C43H48O24/c1-15-30(49)34(53)37(56)41(62-15)61-14-28-33(52)36(55)39(58)43(67-28)65-26-12-19-23(63-40(26)17-8-21(46)31(50)22(47)9-17)10-18(44)11-24(19)64-42-38(57)35(54)32(51)27(66-42)13-60-29(48)6-4-16-3-5-20(45)25(7-16)59-2/h3-12,15,27-28,30,32-39,41-43,49,51-58H,13-14H2,1-2H3,(H4-,44,45,46,47,48,50)/p+1/t15?,27?,28?,30-,32+,33-,34-,35-,36?,37?,38?,39?,41+,42+,43+/m0/s1. The monoisotopic (exact) mass is 949 g/mol. The number of carbonyl (C=O) groups is 1. The molecule has 4 aromatic rings. The fourth-order valence-corrected chi connectivity index (χ4v) is 7.36. The molecular weight excluding hydrogens is 900 g/mol. The van der Waals surface area contributed by atoms with E-state index < -0.39 is 146 Å². The number of esters is 1. The number of phenols is 5. The highest BCUT2D eigenvalue weighted by atomic mass is 16.7. The number of hydrogen-bond acceptors (Lipinski definition) is 23. The number of fused-ring (bicyclic) bond motifs is 1. The quantitative estimate of drug-likeness (QED) is 0.0310. The molecule has 364 valence electrons. The minimum atomic E-state index is -2.03. The van der Waals surface area contributed by atoms with Gasteiger partial charge in [0.15, 0.2) is 35.0 Å². The zero-order valence-corrected chi connectivity index (χ0v) is 35.2. The first-order valence-corrected chi connectivity index (χ1v) is 20.4. The van der Waals surface area contributed by atoms with Gasteiger partial charge in [-0.25, -0.2) is 9.21 Å². The molecule has 0 amide bonds. The molecule has 15 atom stereocenters. The summed E-state index contributed by atoms with van der Waals surface area (Å²) in [5, 5.41) is 147. The summed E-state index contributed by atoms with van der Waals surface area (Å²) in [6.45, 7) is 0.0640. The number of methoxy groups -OCH3 is 1. The zero-order valence-electron chi connectivity index (χ0n) is 35.2. The number of phenolic OH excluding ortho intramolecular Hbond substituents is 5. The predicted molar refractivity (Wildman–Crippen MR) is 220 cm³/mol. The largest absolute Gasteiger partial charge is 0.507 e. The SMILES string of the molecule is COc1cc(/C=C/C(=O)OCC2O[C@@H](Oc3cc(O)cc4[o+]c(-c5cc(O)c(O)c(O)c5)c(O[C@@H]5OC(CO[C@@H]6OC(C)[C@H](O)[C@H](O)C6O)[C@H](O)C(O)C5O)cc34)C(O)[C@@H](O)[C@@H]2O)ccc1O. The average molecular weight is 950 g/mol. The normalized spacial score (nSPS) is 32.3. The first-order valence-electron chi connectivity index (χ1n) is 20.4. The summed E-state index contributed by atoms with van der Waals surface area (Å²) in [4.78, 5) is 12.6. The summed E-state index contributed by atoms with van der Waals surface area (Å²) >= 11 is 0. The lowest BCUT2D eigenvalue weighted by atomic mass is 9.98. The molecule has 7 rings (SSSR count). The van der Waals surface area contributed by atoms with Crippen LogP contribution in [0.4, 0.5) is 0 Å². The van der Waals surface area contributed by atoms with Crippen molar-refractivity contribution in [3.8, 4) is 57.3 Å². The molecule has 24 heteroatoms. The van der Waals surface area contributed by atoms with E-state index in [1.54, 1.807) is 0 Å². The third-order valence-corrected chi connectivity index (χ3v) is 11.2.